The Hall–Kier alpha value is -4.96. The van der Waals surface area contributed by atoms with Crippen LogP contribution in [0.15, 0.2) is 88.5 Å². The monoisotopic (exact) mass is 530 g/mol. The summed E-state index contributed by atoms with van der Waals surface area (Å²) in [5.41, 5.74) is 1.49. The summed E-state index contributed by atoms with van der Waals surface area (Å²) < 4.78 is 14.8. The molecule has 0 aliphatic carbocycles. The van der Waals surface area contributed by atoms with E-state index in [1.165, 1.54) is 37.9 Å². The smallest absolute Gasteiger partial charge is 0.443 e. The fourth-order valence-corrected chi connectivity index (χ4v) is 4.13. The number of nitrogens with zero attached hydrogens (tertiary/aromatic N) is 2. The van der Waals surface area contributed by atoms with E-state index in [1.807, 2.05) is 6.07 Å². The first-order valence-corrected chi connectivity index (χ1v) is 11.7. The third-order valence-corrected chi connectivity index (χ3v) is 5.93. The number of rotatable bonds is 6. The second-order valence-electron chi connectivity index (χ2n) is 8.03. The van der Waals surface area contributed by atoms with Crippen LogP contribution in [0, 0.1) is 0 Å². The molecule has 0 fully saturated rings. The van der Waals surface area contributed by atoms with Crippen molar-refractivity contribution in [1.82, 2.24) is 20.3 Å². The third kappa shape index (κ3) is 4.97. The number of oxazole rings is 1. The average molecular weight is 531 g/mol. The second-order valence-corrected chi connectivity index (χ2v) is 8.46. The minimum Gasteiger partial charge on any atom is -0.443 e. The Morgan fingerprint density at radius 2 is 1.89 bits per heavy atom. The van der Waals surface area contributed by atoms with Crippen molar-refractivity contribution < 1.29 is 23.5 Å². The van der Waals surface area contributed by atoms with E-state index in [9.17, 15) is 14.4 Å². The molecule has 0 aliphatic heterocycles. The zero-order chi connectivity index (χ0) is 26.6. The number of pyridine rings is 2. The Kier molecular flexibility index (Phi) is 6.88. The van der Waals surface area contributed by atoms with Gasteiger partial charge in [-0.1, -0.05) is 41.9 Å². The van der Waals surface area contributed by atoms with Gasteiger partial charge in [-0.25, -0.2) is 14.8 Å². The van der Waals surface area contributed by atoms with Gasteiger partial charge in [-0.2, -0.15) is 0 Å². The zero-order valence-electron chi connectivity index (χ0n) is 19.8. The second kappa shape index (κ2) is 10.6. The number of ether oxygens (including phenoxy) is 2. The highest BCUT2D eigenvalue weighted by Crippen LogP contribution is 2.30. The molecule has 5 aromatic rings. The van der Waals surface area contributed by atoms with Gasteiger partial charge in [-0.3, -0.25) is 9.59 Å². The van der Waals surface area contributed by atoms with Gasteiger partial charge in [-0.05, 0) is 29.8 Å². The Balaban J connectivity index is 1.62. The molecule has 1 atom stereocenters. The Morgan fingerprint density at radius 1 is 1.08 bits per heavy atom. The number of fused-ring (bicyclic) bond motifs is 1. The zero-order valence-corrected chi connectivity index (χ0v) is 20.6. The van der Waals surface area contributed by atoms with Crippen molar-refractivity contribution in [3.63, 3.8) is 0 Å². The first-order valence-electron chi connectivity index (χ1n) is 11.3. The molecular weight excluding hydrogens is 512 g/mol. The standard InChI is InChI=1S/C27H19ClN4O6/c1-36-27(35)38-20-10-7-16(14-30-20)25(34)32-22(15-5-3-2-4-6-15)21-23(26-29-11-12-37-26)31-19-13-17(28)8-9-18(19)24(21)33/h2-14,22H,1H3,(H,31,33)(H,32,34). The molecule has 0 radical (unpaired) electrons. The van der Waals surface area contributed by atoms with Crippen molar-refractivity contribution >= 4 is 34.6 Å². The molecule has 0 saturated heterocycles. The van der Waals surface area contributed by atoms with E-state index < -0.39 is 18.1 Å². The van der Waals surface area contributed by atoms with Crippen LogP contribution in [0.2, 0.25) is 5.02 Å². The number of hydrogen-bond donors (Lipinski definition) is 2. The van der Waals surface area contributed by atoms with Crippen molar-refractivity contribution in [3.8, 4) is 17.5 Å². The summed E-state index contributed by atoms with van der Waals surface area (Å²) >= 11 is 6.17. The molecule has 1 amide bonds. The Bertz CT molecular complexity index is 1670. The van der Waals surface area contributed by atoms with Crippen LogP contribution in [-0.4, -0.2) is 34.1 Å². The lowest BCUT2D eigenvalue weighted by atomic mass is 9.94. The van der Waals surface area contributed by atoms with E-state index in [2.05, 4.69) is 25.0 Å². The summed E-state index contributed by atoms with van der Waals surface area (Å²) in [5.74, 6) is -0.395. The van der Waals surface area contributed by atoms with E-state index >= 15 is 0 Å². The predicted octanol–water partition coefficient (Wildman–Crippen LogP) is 4.90. The number of benzene rings is 2. The number of carbonyl (C=O) groups is 2. The molecule has 2 N–H and O–H groups in total. The number of aromatic amines is 1. The molecule has 11 heteroatoms. The van der Waals surface area contributed by atoms with Crippen molar-refractivity contribution in [1.29, 1.82) is 0 Å². The molecule has 1 unspecified atom stereocenters. The van der Waals surface area contributed by atoms with Crippen LogP contribution in [0.4, 0.5) is 4.79 Å². The number of aromatic nitrogens is 3. The van der Waals surface area contributed by atoms with Crippen molar-refractivity contribution in [2.45, 2.75) is 6.04 Å². The highest BCUT2D eigenvalue weighted by atomic mass is 35.5. The van der Waals surface area contributed by atoms with Crippen molar-refractivity contribution in [2.75, 3.05) is 7.11 Å². The number of nitrogens with one attached hydrogen (secondary N) is 2. The topological polar surface area (TPSA) is 136 Å². The van der Waals surface area contributed by atoms with E-state index in [4.69, 9.17) is 20.8 Å². The summed E-state index contributed by atoms with van der Waals surface area (Å²) in [4.78, 5) is 50.0. The first kappa shape index (κ1) is 24.7. The van der Waals surface area contributed by atoms with Crippen molar-refractivity contribution in [2.24, 2.45) is 0 Å². The molecular formula is C27H19ClN4O6. The van der Waals surface area contributed by atoms with Gasteiger partial charge >= 0.3 is 6.16 Å². The van der Waals surface area contributed by atoms with Gasteiger partial charge in [0.15, 0.2) is 5.43 Å². The van der Waals surface area contributed by atoms with Crippen LogP contribution in [0.3, 0.4) is 0 Å². The minimum atomic E-state index is -0.935. The number of hydrogen-bond acceptors (Lipinski definition) is 8. The van der Waals surface area contributed by atoms with E-state index in [0.29, 0.717) is 27.2 Å². The maximum absolute atomic E-state index is 13.9. The summed E-state index contributed by atoms with van der Waals surface area (Å²) in [5, 5.41) is 3.75. The number of carbonyl (C=O) groups excluding carboxylic acids is 2. The quantitative estimate of drug-likeness (QED) is 0.296. The van der Waals surface area contributed by atoms with Gasteiger partial charge in [0, 0.05) is 22.7 Å². The van der Waals surface area contributed by atoms with Crippen LogP contribution < -0.4 is 15.5 Å². The molecule has 0 spiro atoms. The number of amides is 1. The maximum Gasteiger partial charge on any atom is 0.514 e. The van der Waals surface area contributed by atoms with E-state index in [-0.39, 0.29) is 28.3 Å². The normalized spacial score (nSPS) is 11.6. The van der Waals surface area contributed by atoms with Crippen LogP contribution in [0.1, 0.15) is 27.5 Å². The molecule has 3 aromatic heterocycles. The van der Waals surface area contributed by atoms with E-state index in [1.54, 1.807) is 42.5 Å². The summed E-state index contributed by atoms with van der Waals surface area (Å²) in [7, 11) is 1.17. The van der Waals surface area contributed by atoms with Crippen LogP contribution >= 0.6 is 11.6 Å². The van der Waals surface area contributed by atoms with Crippen LogP contribution in [0.25, 0.3) is 22.5 Å². The fourth-order valence-electron chi connectivity index (χ4n) is 3.95. The number of H-pyrrole nitrogens is 1. The maximum atomic E-state index is 13.9. The molecule has 38 heavy (non-hydrogen) atoms. The molecule has 5 rings (SSSR count). The molecule has 2 aromatic carbocycles. The summed E-state index contributed by atoms with van der Waals surface area (Å²) in [6.45, 7) is 0. The molecule has 3 heterocycles. The lowest BCUT2D eigenvalue weighted by Crippen LogP contribution is -2.33. The van der Waals surface area contributed by atoms with Crippen LogP contribution in [-0.2, 0) is 4.74 Å². The molecule has 10 nitrogen and oxygen atoms in total. The Morgan fingerprint density at radius 3 is 2.58 bits per heavy atom. The van der Waals surface area contributed by atoms with Gasteiger partial charge in [0.25, 0.3) is 5.91 Å². The molecule has 0 aliphatic rings. The third-order valence-electron chi connectivity index (χ3n) is 5.70. The SMILES string of the molecule is COC(=O)Oc1ccc(C(=O)NC(c2ccccc2)c2c(-c3ncco3)[nH]c3cc(Cl)ccc3c2=O)cn1. The highest BCUT2D eigenvalue weighted by Gasteiger charge is 2.27. The molecule has 190 valence electrons. The largest absolute Gasteiger partial charge is 0.514 e. The molecule has 0 saturated carbocycles. The predicted molar refractivity (Wildman–Crippen MR) is 138 cm³/mol. The fraction of sp³-hybridized carbons (Fsp3) is 0.0741. The van der Waals surface area contributed by atoms with Gasteiger partial charge in [0.1, 0.15) is 12.0 Å². The van der Waals surface area contributed by atoms with Gasteiger partial charge in [-0.15, -0.1) is 0 Å². The van der Waals surface area contributed by atoms with Crippen LogP contribution in [0.5, 0.6) is 5.88 Å². The van der Waals surface area contributed by atoms with E-state index in [0.717, 1.165) is 0 Å². The Labute approximate surface area is 220 Å². The van der Waals surface area contributed by atoms with Gasteiger partial charge in [0.05, 0.1) is 36.0 Å². The highest BCUT2D eigenvalue weighted by molar-refractivity contribution is 6.31. The number of methoxy groups -OCH3 is 1. The first-order chi connectivity index (χ1) is 18.4. The lowest BCUT2D eigenvalue weighted by molar-refractivity contribution is 0.0942. The molecule has 0 bridgehead atoms. The average Bonchev–Trinajstić information content (AvgIpc) is 3.47. The summed E-state index contributed by atoms with van der Waals surface area (Å²) in [6.07, 6.45) is 3.16. The van der Waals surface area contributed by atoms with Gasteiger partial charge < -0.3 is 24.2 Å². The number of halogens is 1. The van der Waals surface area contributed by atoms with Gasteiger partial charge in [0.2, 0.25) is 11.8 Å². The van der Waals surface area contributed by atoms with Crippen molar-refractivity contribution in [3.05, 3.63) is 111 Å². The minimum absolute atomic E-state index is 0.0381. The summed E-state index contributed by atoms with van der Waals surface area (Å²) in [6, 6.07) is 15.8. The lowest BCUT2D eigenvalue weighted by Gasteiger charge is -2.22.